The number of carbonyl (C=O) groups is 3. The lowest BCUT2D eigenvalue weighted by Gasteiger charge is -2.28. The van der Waals surface area contributed by atoms with Crippen LogP contribution in [0.3, 0.4) is 0 Å². The Morgan fingerprint density at radius 1 is 1.18 bits per heavy atom. The van der Waals surface area contributed by atoms with Crippen LogP contribution in [0.5, 0.6) is 5.75 Å². The molecule has 3 aliphatic rings. The SMILES string of the molecule is O=C(NC[C@@H]1OC(=O)N2c3ccc(N4CCOCC4=O)cc3OCC[C@@H]12)c1ccc(Cl)nn1. The zero-order valence-electron chi connectivity index (χ0n) is 17.4. The summed E-state index contributed by atoms with van der Waals surface area (Å²) in [5.41, 5.74) is 1.35. The van der Waals surface area contributed by atoms with Crippen LogP contribution < -0.4 is 19.9 Å². The van der Waals surface area contributed by atoms with Crippen molar-refractivity contribution in [1.29, 1.82) is 0 Å². The molecule has 2 fully saturated rings. The molecule has 2 atom stereocenters. The van der Waals surface area contributed by atoms with E-state index in [1.807, 2.05) is 0 Å². The average molecular weight is 474 g/mol. The summed E-state index contributed by atoms with van der Waals surface area (Å²) in [5.74, 6) is -0.0828. The molecule has 2 aromatic rings. The number of nitrogens with zero attached hydrogens (tertiary/aromatic N) is 4. The van der Waals surface area contributed by atoms with Crippen molar-refractivity contribution in [3.8, 4) is 5.75 Å². The number of morpholine rings is 1. The van der Waals surface area contributed by atoms with E-state index in [0.717, 1.165) is 0 Å². The Kier molecular flexibility index (Phi) is 5.73. The highest BCUT2D eigenvalue weighted by atomic mass is 35.5. The van der Waals surface area contributed by atoms with Crippen LogP contribution in [0.25, 0.3) is 0 Å². The van der Waals surface area contributed by atoms with Gasteiger partial charge in [-0.25, -0.2) is 4.79 Å². The van der Waals surface area contributed by atoms with Crippen LogP contribution >= 0.6 is 11.6 Å². The molecule has 0 bridgehead atoms. The molecule has 5 rings (SSSR count). The Morgan fingerprint density at radius 3 is 2.85 bits per heavy atom. The van der Waals surface area contributed by atoms with Gasteiger partial charge in [-0.15, -0.1) is 10.2 Å². The van der Waals surface area contributed by atoms with Gasteiger partial charge in [0.25, 0.3) is 11.8 Å². The summed E-state index contributed by atoms with van der Waals surface area (Å²) in [6.07, 6.45) is -0.586. The monoisotopic (exact) mass is 473 g/mol. The van der Waals surface area contributed by atoms with Crippen LogP contribution in [0.2, 0.25) is 5.15 Å². The van der Waals surface area contributed by atoms with Crippen LogP contribution in [0, 0.1) is 0 Å². The molecule has 2 saturated heterocycles. The Balaban J connectivity index is 1.32. The number of ether oxygens (including phenoxy) is 3. The number of fused-ring (bicyclic) bond motifs is 3. The van der Waals surface area contributed by atoms with Gasteiger partial charge in [-0.2, -0.15) is 0 Å². The predicted molar refractivity (Wildman–Crippen MR) is 116 cm³/mol. The van der Waals surface area contributed by atoms with Crippen molar-refractivity contribution in [2.24, 2.45) is 0 Å². The van der Waals surface area contributed by atoms with Crippen LogP contribution in [-0.4, -0.2) is 73.2 Å². The summed E-state index contributed by atoms with van der Waals surface area (Å²) in [7, 11) is 0. The number of halogens is 1. The molecule has 1 N–H and O–H groups in total. The third kappa shape index (κ3) is 4.16. The smallest absolute Gasteiger partial charge is 0.415 e. The summed E-state index contributed by atoms with van der Waals surface area (Å²) < 4.78 is 16.7. The molecule has 3 aliphatic heterocycles. The molecule has 11 nitrogen and oxygen atoms in total. The number of anilines is 2. The maximum atomic E-state index is 12.7. The molecule has 0 spiro atoms. The maximum Gasteiger partial charge on any atom is 0.415 e. The standard InChI is InChI=1S/C21H20ClN5O6/c22-18-4-2-13(24-25-18)20(29)23-10-17-15-5-7-32-16-9-12(26-6-8-31-11-19(26)28)1-3-14(16)27(15)21(30)33-17/h1-4,9,15,17H,5-8,10-11H2,(H,23,29)/t15-,17-/m0/s1. The number of hydrogen-bond acceptors (Lipinski definition) is 8. The van der Waals surface area contributed by atoms with E-state index in [4.69, 9.17) is 25.8 Å². The van der Waals surface area contributed by atoms with Crippen molar-refractivity contribution in [2.45, 2.75) is 18.6 Å². The normalized spacial score (nSPS) is 22.1. The Hall–Kier alpha value is -3.44. The van der Waals surface area contributed by atoms with Gasteiger partial charge >= 0.3 is 6.09 Å². The molecule has 0 aliphatic carbocycles. The molecule has 12 heteroatoms. The fourth-order valence-corrected chi connectivity index (χ4v) is 4.22. The van der Waals surface area contributed by atoms with Crippen molar-refractivity contribution in [2.75, 3.05) is 42.7 Å². The highest BCUT2D eigenvalue weighted by Gasteiger charge is 2.45. The molecule has 1 aromatic heterocycles. The summed E-state index contributed by atoms with van der Waals surface area (Å²) in [5, 5.41) is 10.3. The van der Waals surface area contributed by atoms with E-state index in [1.165, 1.54) is 12.1 Å². The minimum absolute atomic E-state index is 0.0352. The molecule has 0 radical (unpaired) electrons. The van der Waals surface area contributed by atoms with E-state index in [9.17, 15) is 14.4 Å². The molecular weight excluding hydrogens is 454 g/mol. The second-order valence-corrected chi connectivity index (χ2v) is 8.09. The topological polar surface area (TPSA) is 123 Å². The molecule has 33 heavy (non-hydrogen) atoms. The van der Waals surface area contributed by atoms with Gasteiger partial charge in [0.1, 0.15) is 18.5 Å². The molecule has 0 unspecified atom stereocenters. The first kappa shape index (κ1) is 21.4. The lowest BCUT2D eigenvalue weighted by atomic mass is 10.1. The van der Waals surface area contributed by atoms with E-state index in [0.29, 0.717) is 43.3 Å². The molecule has 0 saturated carbocycles. The van der Waals surface area contributed by atoms with Gasteiger partial charge in [-0.3, -0.25) is 14.5 Å². The average Bonchev–Trinajstić information content (AvgIpc) is 3.00. The predicted octanol–water partition coefficient (Wildman–Crippen LogP) is 1.40. The molecular formula is C21H20ClN5O6. The lowest BCUT2D eigenvalue weighted by molar-refractivity contribution is -0.125. The van der Waals surface area contributed by atoms with Crippen molar-refractivity contribution < 1.29 is 28.6 Å². The highest BCUT2D eigenvalue weighted by Crippen LogP contribution is 2.40. The summed E-state index contributed by atoms with van der Waals surface area (Å²) in [4.78, 5) is 40.5. The van der Waals surface area contributed by atoms with Gasteiger partial charge < -0.3 is 24.4 Å². The number of benzene rings is 1. The Bertz CT molecular complexity index is 1100. The van der Waals surface area contributed by atoms with Crippen molar-refractivity contribution in [3.05, 3.63) is 41.2 Å². The summed E-state index contributed by atoms with van der Waals surface area (Å²) in [6.45, 7) is 1.39. The third-order valence-electron chi connectivity index (χ3n) is 5.71. The summed E-state index contributed by atoms with van der Waals surface area (Å²) in [6, 6.07) is 7.88. The highest BCUT2D eigenvalue weighted by molar-refractivity contribution is 6.29. The number of hydrogen-bond donors (Lipinski definition) is 1. The van der Waals surface area contributed by atoms with E-state index < -0.39 is 18.1 Å². The third-order valence-corrected chi connectivity index (χ3v) is 5.91. The first-order valence-electron chi connectivity index (χ1n) is 10.4. The van der Waals surface area contributed by atoms with E-state index in [1.54, 1.807) is 28.0 Å². The molecule has 1 aromatic carbocycles. The molecule has 172 valence electrons. The minimum Gasteiger partial charge on any atom is -0.491 e. The van der Waals surface area contributed by atoms with Crippen molar-refractivity contribution in [1.82, 2.24) is 15.5 Å². The first-order chi connectivity index (χ1) is 16.0. The Morgan fingerprint density at radius 2 is 2.06 bits per heavy atom. The number of cyclic esters (lactones) is 1. The van der Waals surface area contributed by atoms with Gasteiger partial charge in [-0.05, 0) is 24.3 Å². The van der Waals surface area contributed by atoms with Gasteiger partial charge in [0.2, 0.25) is 0 Å². The lowest BCUT2D eigenvalue weighted by Crippen LogP contribution is -2.42. The van der Waals surface area contributed by atoms with Crippen molar-refractivity contribution >= 4 is 40.9 Å². The van der Waals surface area contributed by atoms with E-state index in [-0.39, 0.29) is 35.9 Å². The zero-order valence-corrected chi connectivity index (χ0v) is 18.2. The van der Waals surface area contributed by atoms with Crippen LogP contribution in [-0.2, 0) is 14.3 Å². The van der Waals surface area contributed by atoms with Crippen LogP contribution in [0.4, 0.5) is 16.2 Å². The second-order valence-electron chi connectivity index (χ2n) is 7.70. The van der Waals surface area contributed by atoms with Crippen LogP contribution in [0.15, 0.2) is 30.3 Å². The molecule has 4 heterocycles. The van der Waals surface area contributed by atoms with Gasteiger partial charge in [0, 0.05) is 24.7 Å². The van der Waals surface area contributed by atoms with Crippen LogP contribution in [0.1, 0.15) is 16.9 Å². The van der Waals surface area contributed by atoms with Gasteiger partial charge in [-0.1, -0.05) is 11.6 Å². The Labute approximate surface area is 193 Å². The number of carbonyl (C=O) groups excluding carboxylic acids is 3. The largest absolute Gasteiger partial charge is 0.491 e. The number of rotatable bonds is 4. The maximum absolute atomic E-state index is 12.7. The molecule has 3 amide bonds. The number of nitrogens with one attached hydrogen (secondary N) is 1. The quantitative estimate of drug-likeness (QED) is 0.706. The first-order valence-corrected chi connectivity index (χ1v) is 10.8. The fourth-order valence-electron chi connectivity index (χ4n) is 4.12. The van der Waals surface area contributed by atoms with Gasteiger partial charge in [0.05, 0.1) is 31.5 Å². The second kappa shape index (κ2) is 8.83. The zero-order chi connectivity index (χ0) is 22.9. The number of aromatic nitrogens is 2. The minimum atomic E-state index is -0.572. The van der Waals surface area contributed by atoms with E-state index >= 15 is 0 Å². The van der Waals surface area contributed by atoms with Crippen molar-refractivity contribution in [3.63, 3.8) is 0 Å². The fraction of sp³-hybridized carbons (Fsp3) is 0.381. The summed E-state index contributed by atoms with van der Waals surface area (Å²) >= 11 is 5.70. The van der Waals surface area contributed by atoms with Gasteiger partial charge in [0.15, 0.2) is 10.8 Å². The number of amides is 3. The van der Waals surface area contributed by atoms with E-state index in [2.05, 4.69) is 15.5 Å².